The van der Waals surface area contributed by atoms with Crippen LogP contribution in [0.4, 0.5) is 0 Å². The van der Waals surface area contributed by atoms with Crippen molar-refractivity contribution in [2.24, 2.45) is 17.8 Å². The second-order valence-electron chi connectivity index (χ2n) is 13.9. The maximum atomic E-state index is 6.49. The predicted molar refractivity (Wildman–Crippen MR) is 197 cm³/mol. The van der Waals surface area contributed by atoms with Crippen LogP contribution in [0.5, 0.6) is 0 Å². The summed E-state index contributed by atoms with van der Waals surface area (Å²) in [7, 11) is 0. The van der Waals surface area contributed by atoms with Crippen LogP contribution in [-0.2, 0) is 0 Å². The molecule has 1 heterocycles. The minimum Gasteiger partial charge on any atom is -0.455 e. The van der Waals surface area contributed by atoms with Crippen LogP contribution in [0, 0.1) is 29.9 Å². The lowest BCUT2D eigenvalue weighted by molar-refractivity contribution is 0.289. The van der Waals surface area contributed by atoms with Gasteiger partial charge in [-0.1, -0.05) is 129 Å². The van der Waals surface area contributed by atoms with Crippen molar-refractivity contribution in [2.45, 2.75) is 32.6 Å². The fraction of sp³-hybridized carbons (Fsp3) is 0.174. The van der Waals surface area contributed by atoms with Crippen molar-refractivity contribution >= 4 is 65.9 Å². The molecule has 2 aliphatic carbocycles. The number of fused-ring (bicyclic) bond motifs is 4. The lowest BCUT2D eigenvalue weighted by Gasteiger charge is -2.39. The average Bonchev–Trinajstić information content (AvgIpc) is 3.50. The van der Waals surface area contributed by atoms with Crippen molar-refractivity contribution < 1.29 is 4.42 Å². The van der Waals surface area contributed by atoms with Crippen molar-refractivity contribution in [1.29, 1.82) is 0 Å². The normalized spacial score (nSPS) is 20.9. The van der Waals surface area contributed by atoms with Crippen molar-refractivity contribution in [3.63, 3.8) is 0 Å². The average molecular weight is 603 g/mol. The van der Waals surface area contributed by atoms with Crippen molar-refractivity contribution in [1.82, 2.24) is 0 Å². The van der Waals surface area contributed by atoms with Crippen LogP contribution in [-0.4, -0.2) is 0 Å². The lowest BCUT2D eigenvalue weighted by atomic mass is 9.65. The van der Waals surface area contributed by atoms with Crippen LogP contribution in [0.1, 0.15) is 43.7 Å². The summed E-state index contributed by atoms with van der Waals surface area (Å²) in [5.41, 5.74) is 8.71. The molecule has 47 heavy (non-hydrogen) atoms. The minimum atomic E-state index is 0.443. The summed E-state index contributed by atoms with van der Waals surface area (Å²) in [5, 5.41) is 11.6. The highest BCUT2D eigenvalue weighted by molar-refractivity contribution is 6.18. The quantitative estimate of drug-likeness (QED) is 0.196. The van der Waals surface area contributed by atoms with E-state index in [1.54, 1.807) is 0 Å². The highest BCUT2D eigenvalue weighted by atomic mass is 16.3. The number of hydrogen-bond donors (Lipinski definition) is 0. The van der Waals surface area contributed by atoms with Crippen LogP contribution >= 0.6 is 0 Å². The molecule has 4 atom stereocenters. The molecule has 10 rings (SSSR count). The Kier molecular flexibility index (Phi) is 5.76. The summed E-state index contributed by atoms with van der Waals surface area (Å²) in [6.07, 6.45) is 7.35. The molecule has 0 bridgehead atoms. The monoisotopic (exact) mass is 602 g/mol. The fourth-order valence-corrected chi connectivity index (χ4v) is 9.20. The van der Waals surface area contributed by atoms with Gasteiger partial charge in [-0.15, -0.1) is 0 Å². The Morgan fingerprint density at radius 1 is 0.681 bits per heavy atom. The van der Waals surface area contributed by atoms with E-state index in [1.165, 1.54) is 77.2 Å². The molecule has 224 valence electrons. The molecule has 0 N–H and O–H groups in total. The van der Waals surface area contributed by atoms with E-state index in [4.69, 9.17) is 4.42 Å². The fourth-order valence-electron chi connectivity index (χ4n) is 9.20. The van der Waals surface area contributed by atoms with Gasteiger partial charge in [0.1, 0.15) is 11.2 Å². The van der Waals surface area contributed by atoms with Gasteiger partial charge < -0.3 is 4.42 Å². The first-order valence-electron chi connectivity index (χ1n) is 17.1. The smallest absolute Gasteiger partial charge is 0.142 e. The van der Waals surface area contributed by atoms with Crippen molar-refractivity contribution in [3.8, 4) is 11.1 Å². The zero-order valence-electron chi connectivity index (χ0n) is 26.7. The molecular formula is C46H34O. The highest BCUT2D eigenvalue weighted by Crippen LogP contribution is 2.50. The zero-order valence-corrected chi connectivity index (χ0v) is 26.7. The summed E-state index contributed by atoms with van der Waals surface area (Å²) in [4.78, 5) is 0. The number of benzene rings is 6. The molecule has 1 heteroatoms. The van der Waals surface area contributed by atoms with Crippen molar-refractivity contribution in [2.75, 3.05) is 0 Å². The molecule has 4 unspecified atom stereocenters. The minimum absolute atomic E-state index is 0.443. The second-order valence-corrected chi connectivity index (χ2v) is 13.9. The Labute approximate surface area is 274 Å². The maximum Gasteiger partial charge on any atom is 0.142 e. The number of hydrogen-bond acceptors (Lipinski definition) is 1. The van der Waals surface area contributed by atoms with Gasteiger partial charge in [-0.25, -0.2) is 0 Å². The van der Waals surface area contributed by atoms with Gasteiger partial charge >= 0.3 is 0 Å². The maximum absolute atomic E-state index is 6.49. The second kappa shape index (κ2) is 10.1. The molecule has 0 saturated carbocycles. The van der Waals surface area contributed by atoms with Crippen LogP contribution in [0.3, 0.4) is 0 Å². The number of para-hydroxylation sites is 2. The number of furan rings is 1. The molecular weight excluding hydrogens is 569 g/mol. The van der Waals surface area contributed by atoms with E-state index >= 15 is 0 Å². The van der Waals surface area contributed by atoms with Crippen LogP contribution < -0.4 is 5.22 Å². The number of rotatable bonds is 3. The third kappa shape index (κ3) is 3.92. The molecule has 0 spiro atoms. The molecule has 1 nitrogen and oxygen atoms in total. The first-order valence-corrected chi connectivity index (χ1v) is 17.1. The Balaban J connectivity index is 1.09. The summed E-state index contributed by atoms with van der Waals surface area (Å²) in [6, 6.07) is 46.5. The van der Waals surface area contributed by atoms with Gasteiger partial charge in [0.05, 0.1) is 0 Å². The van der Waals surface area contributed by atoms with E-state index < -0.39 is 0 Å². The molecule has 2 aliphatic rings. The lowest BCUT2D eigenvalue weighted by Crippen LogP contribution is -2.28. The first-order chi connectivity index (χ1) is 23.1. The van der Waals surface area contributed by atoms with Gasteiger partial charge in [-0.3, -0.25) is 0 Å². The Hall–Kier alpha value is -5.32. The van der Waals surface area contributed by atoms with Gasteiger partial charge in [-0.05, 0) is 109 Å². The predicted octanol–water partition coefficient (Wildman–Crippen LogP) is 11.7. The molecule has 0 saturated heterocycles. The molecule has 8 aromatic rings. The summed E-state index contributed by atoms with van der Waals surface area (Å²) >= 11 is 0. The molecule has 1 aromatic heterocycles. The molecule has 7 aromatic carbocycles. The van der Waals surface area contributed by atoms with E-state index in [1.807, 2.05) is 6.07 Å². The Morgan fingerprint density at radius 3 is 2.49 bits per heavy atom. The van der Waals surface area contributed by atoms with Gasteiger partial charge in [0.25, 0.3) is 0 Å². The van der Waals surface area contributed by atoms with Crippen LogP contribution in [0.25, 0.3) is 77.0 Å². The third-order valence-corrected chi connectivity index (χ3v) is 11.4. The van der Waals surface area contributed by atoms with E-state index in [0.29, 0.717) is 23.7 Å². The van der Waals surface area contributed by atoms with Crippen LogP contribution in [0.15, 0.2) is 120 Å². The van der Waals surface area contributed by atoms with Gasteiger partial charge in [0.2, 0.25) is 0 Å². The van der Waals surface area contributed by atoms with E-state index in [2.05, 4.69) is 141 Å². The van der Waals surface area contributed by atoms with E-state index in [-0.39, 0.29) is 0 Å². The van der Waals surface area contributed by atoms with Crippen molar-refractivity contribution in [3.05, 3.63) is 144 Å². The standard InChI is InChI=1S/C46H34O/c1-27-26-42(40-15-8-14-39-36-12-5-6-16-43(36)47-46(39)40)28(2)25-41(27)35-22-18-31-19-23-37-34(21-17-30-20-24-38(35)45(31)44(30)37)33-13-7-10-29-9-3-4-11-32(29)33/h3,5-10,12-21,23-24,26-28,35,41H,22,25H2,1-2H3. The summed E-state index contributed by atoms with van der Waals surface area (Å²) in [6.45, 7) is 4.87. The zero-order chi connectivity index (χ0) is 31.2. The molecule has 0 amide bonds. The largest absolute Gasteiger partial charge is 0.455 e. The SMILES string of the molecule is CC1CC(C2CC=c3ccc4c(-c5cccc6ccc#cc56)ccc5ccc2c3c54)C(C)C=C1c1cccc2c1oc1ccccc12. The number of allylic oxidation sites excluding steroid dienone is 2. The molecule has 0 aliphatic heterocycles. The highest BCUT2D eigenvalue weighted by Gasteiger charge is 2.36. The Bertz CT molecular complexity index is 2630. The van der Waals surface area contributed by atoms with Gasteiger partial charge in [0, 0.05) is 21.7 Å². The van der Waals surface area contributed by atoms with E-state index in [9.17, 15) is 0 Å². The molecule has 0 radical (unpaired) electrons. The molecule has 0 fully saturated rings. The van der Waals surface area contributed by atoms with Crippen LogP contribution in [0.2, 0.25) is 0 Å². The summed E-state index contributed by atoms with van der Waals surface area (Å²) in [5.74, 6) is 1.95. The Morgan fingerprint density at radius 2 is 1.53 bits per heavy atom. The summed E-state index contributed by atoms with van der Waals surface area (Å²) < 4.78 is 6.49. The van der Waals surface area contributed by atoms with Gasteiger partial charge in [-0.2, -0.15) is 0 Å². The third-order valence-electron chi connectivity index (χ3n) is 11.4. The van der Waals surface area contributed by atoms with E-state index in [0.717, 1.165) is 23.0 Å². The first kappa shape index (κ1) is 26.9. The topological polar surface area (TPSA) is 13.1 Å². The van der Waals surface area contributed by atoms with Gasteiger partial charge in [0.15, 0.2) is 0 Å².